The van der Waals surface area contributed by atoms with Gasteiger partial charge in [-0.05, 0) is 42.7 Å². The van der Waals surface area contributed by atoms with Gasteiger partial charge >= 0.3 is 0 Å². The zero-order chi connectivity index (χ0) is 15.4. The molecule has 21 heavy (non-hydrogen) atoms. The molecule has 0 fully saturated rings. The van der Waals surface area contributed by atoms with Crippen molar-refractivity contribution in [3.05, 3.63) is 59.2 Å². The summed E-state index contributed by atoms with van der Waals surface area (Å²) in [6.07, 6.45) is 0. The minimum absolute atomic E-state index is 0.150. The number of methoxy groups -OCH3 is 1. The van der Waals surface area contributed by atoms with Crippen LogP contribution in [0.25, 0.3) is 0 Å². The molecular weight excluding hydrogens is 260 g/mol. The molecule has 1 unspecified atom stereocenters. The first-order valence-corrected chi connectivity index (χ1v) is 7.21. The van der Waals surface area contributed by atoms with Gasteiger partial charge in [0, 0.05) is 25.3 Å². The Balaban J connectivity index is 2.38. The molecule has 0 radical (unpaired) electrons. The second-order valence-electron chi connectivity index (χ2n) is 5.35. The maximum absolute atomic E-state index is 6.06. The molecule has 2 N–H and O–H groups in total. The molecule has 0 aliphatic heterocycles. The Hall–Kier alpha value is -2.00. The molecule has 0 aromatic heterocycles. The molecule has 0 saturated heterocycles. The Morgan fingerprint density at radius 1 is 1.14 bits per heavy atom. The first kappa shape index (κ1) is 15.4. The number of aryl methyl sites for hydroxylation is 1. The van der Waals surface area contributed by atoms with Gasteiger partial charge in [0.15, 0.2) is 0 Å². The van der Waals surface area contributed by atoms with Crippen LogP contribution in [0.1, 0.15) is 22.7 Å². The van der Waals surface area contributed by atoms with E-state index in [1.165, 1.54) is 16.7 Å². The minimum Gasteiger partial charge on any atom is -0.497 e. The Labute approximate surface area is 127 Å². The Morgan fingerprint density at radius 2 is 1.86 bits per heavy atom. The van der Waals surface area contributed by atoms with Gasteiger partial charge in [-0.2, -0.15) is 0 Å². The van der Waals surface area contributed by atoms with Crippen LogP contribution in [-0.4, -0.2) is 20.7 Å². The molecular formula is C18H24N2O. The molecule has 2 rings (SSSR count). The summed E-state index contributed by atoms with van der Waals surface area (Å²) >= 11 is 0. The highest BCUT2D eigenvalue weighted by Gasteiger charge is 2.18. The van der Waals surface area contributed by atoms with Crippen LogP contribution in [0.5, 0.6) is 5.75 Å². The first-order valence-electron chi connectivity index (χ1n) is 7.21. The Bertz CT molecular complexity index is 610. The summed E-state index contributed by atoms with van der Waals surface area (Å²) in [6, 6.07) is 14.6. The minimum atomic E-state index is 0.150. The highest BCUT2D eigenvalue weighted by atomic mass is 16.5. The van der Waals surface area contributed by atoms with Crippen molar-refractivity contribution in [1.29, 1.82) is 0 Å². The number of nitrogens with zero attached hydrogens (tertiary/aromatic N) is 1. The van der Waals surface area contributed by atoms with Crippen LogP contribution < -0.4 is 15.4 Å². The smallest absolute Gasteiger partial charge is 0.120 e. The molecule has 112 valence electrons. The van der Waals surface area contributed by atoms with Crippen molar-refractivity contribution in [1.82, 2.24) is 0 Å². The number of likely N-dealkylation sites (N-methyl/N-ethyl adjacent to an activating group) is 1. The molecule has 0 aliphatic rings. The van der Waals surface area contributed by atoms with Crippen molar-refractivity contribution in [2.24, 2.45) is 5.73 Å². The average molecular weight is 284 g/mol. The van der Waals surface area contributed by atoms with E-state index in [1.54, 1.807) is 7.11 Å². The van der Waals surface area contributed by atoms with E-state index in [4.69, 9.17) is 10.5 Å². The number of rotatable bonds is 5. The Kier molecular flexibility index (Phi) is 4.86. The van der Waals surface area contributed by atoms with Crippen LogP contribution in [0.4, 0.5) is 5.69 Å². The van der Waals surface area contributed by atoms with Crippen LogP contribution in [0, 0.1) is 13.8 Å². The predicted molar refractivity (Wildman–Crippen MR) is 89.1 cm³/mol. The predicted octanol–water partition coefficient (Wildman–Crippen LogP) is 3.45. The zero-order valence-corrected chi connectivity index (χ0v) is 13.3. The van der Waals surface area contributed by atoms with Crippen LogP contribution in [0.15, 0.2) is 42.5 Å². The summed E-state index contributed by atoms with van der Waals surface area (Å²) in [7, 11) is 3.76. The van der Waals surface area contributed by atoms with Gasteiger partial charge in [-0.15, -0.1) is 0 Å². The van der Waals surface area contributed by atoms with Crippen molar-refractivity contribution < 1.29 is 4.74 Å². The second kappa shape index (κ2) is 6.64. The summed E-state index contributed by atoms with van der Waals surface area (Å²) in [5.74, 6) is 0.857. The van der Waals surface area contributed by atoms with Crippen LogP contribution >= 0.6 is 0 Å². The fourth-order valence-corrected chi connectivity index (χ4v) is 2.64. The van der Waals surface area contributed by atoms with Gasteiger partial charge in [0.1, 0.15) is 5.75 Å². The highest BCUT2D eigenvalue weighted by Crippen LogP contribution is 2.30. The fourth-order valence-electron chi connectivity index (χ4n) is 2.64. The van der Waals surface area contributed by atoms with Gasteiger partial charge in [0.2, 0.25) is 0 Å². The second-order valence-corrected chi connectivity index (χ2v) is 5.35. The van der Waals surface area contributed by atoms with E-state index in [-0.39, 0.29) is 6.04 Å². The number of hydrogen-bond donors (Lipinski definition) is 1. The molecule has 0 spiro atoms. The van der Waals surface area contributed by atoms with Crippen molar-refractivity contribution in [2.75, 3.05) is 25.6 Å². The topological polar surface area (TPSA) is 38.5 Å². The van der Waals surface area contributed by atoms with Gasteiger partial charge in [0.05, 0.1) is 13.2 Å². The lowest BCUT2D eigenvalue weighted by Crippen LogP contribution is -2.31. The van der Waals surface area contributed by atoms with Gasteiger partial charge in [-0.3, -0.25) is 0 Å². The van der Waals surface area contributed by atoms with E-state index in [0.717, 1.165) is 11.4 Å². The Morgan fingerprint density at radius 3 is 2.52 bits per heavy atom. The monoisotopic (exact) mass is 284 g/mol. The third kappa shape index (κ3) is 3.19. The number of ether oxygens (including phenoxy) is 1. The van der Waals surface area contributed by atoms with E-state index in [2.05, 4.69) is 50.1 Å². The lowest BCUT2D eigenvalue weighted by atomic mass is 9.96. The SMILES string of the molecule is COc1cccc(N(C)C(CN)c2cccc(C)c2C)c1. The third-order valence-corrected chi connectivity index (χ3v) is 4.16. The molecule has 0 amide bonds. The van der Waals surface area contributed by atoms with E-state index in [0.29, 0.717) is 6.54 Å². The molecule has 1 atom stereocenters. The highest BCUT2D eigenvalue weighted by molar-refractivity contribution is 5.53. The quantitative estimate of drug-likeness (QED) is 0.914. The molecule has 3 nitrogen and oxygen atoms in total. The lowest BCUT2D eigenvalue weighted by molar-refractivity contribution is 0.414. The fraction of sp³-hybridized carbons (Fsp3) is 0.333. The molecule has 2 aromatic carbocycles. The van der Waals surface area contributed by atoms with E-state index in [1.807, 2.05) is 18.2 Å². The maximum Gasteiger partial charge on any atom is 0.120 e. The van der Waals surface area contributed by atoms with Gasteiger partial charge in [0.25, 0.3) is 0 Å². The number of benzene rings is 2. The van der Waals surface area contributed by atoms with Crippen molar-refractivity contribution in [3.63, 3.8) is 0 Å². The number of nitrogens with two attached hydrogens (primary N) is 1. The van der Waals surface area contributed by atoms with Crippen molar-refractivity contribution in [3.8, 4) is 5.75 Å². The van der Waals surface area contributed by atoms with Crippen LogP contribution in [-0.2, 0) is 0 Å². The van der Waals surface area contributed by atoms with E-state index >= 15 is 0 Å². The summed E-state index contributed by atoms with van der Waals surface area (Å²) < 4.78 is 5.31. The zero-order valence-electron chi connectivity index (χ0n) is 13.3. The molecule has 0 aliphatic carbocycles. The summed E-state index contributed by atoms with van der Waals surface area (Å²) in [4.78, 5) is 2.21. The average Bonchev–Trinajstić information content (AvgIpc) is 2.52. The largest absolute Gasteiger partial charge is 0.497 e. The number of hydrogen-bond acceptors (Lipinski definition) is 3. The van der Waals surface area contributed by atoms with Crippen LogP contribution in [0.3, 0.4) is 0 Å². The summed E-state index contributed by atoms with van der Waals surface area (Å²) in [6.45, 7) is 4.86. The third-order valence-electron chi connectivity index (χ3n) is 4.16. The van der Waals surface area contributed by atoms with Gasteiger partial charge in [-0.25, -0.2) is 0 Å². The van der Waals surface area contributed by atoms with E-state index < -0.39 is 0 Å². The molecule has 0 saturated carbocycles. The molecule has 2 aromatic rings. The van der Waals surface area contributed by atoms with Crippen LogP contribution in [0.2, 0.25) is 0 Å². The molecule has 3 heteroatoms. The van der Waals surface area contributed by atoms with Crippen molar-refractivity contribution >= 4 is 5.69 Å². The first-order chi connectivity index (χ1) is 10.1. The normalized spacial score (nSPS) is 12.0. The molecule has 0 heterocycles. The van der Waals surface area contributed by atoms with E-state index in [9.17, 15) is 0 Å². The lowest BCUT2D eigenvalue weighted by Gasteiger charge is -2.31. The molecule has 0 bridgehead atoms. The van der Waals surface area contributed by atoms with Crippen molar-refractivity contribution in [2.45, 2.75) is 19.9 Å². The number of anilines is 1. The standard InChI is InChI=1S/C18H24N2O/c1-13-7-5-10-17(14(13)2)18(12-19)20(3)15-8-6-9-16(11-15)21-4/h5-11,18H,12,19H2,1-4H3. The van der Waals surface area contributed by atoms with Gasteiger partial charge in [-0.1, -0.05) is 24.3 Å². The maximum atomic E-state index is 6.06. The summed E-state index contributed by atoms with van der Waals surface area (Å²) in [5, 5.41) is 0. The van der Waals surface area contributed by atoms with Gasteiger partial charge < -0.3 is 15.4 Å². The summed E-state index contributed by atoms with van der Waals surface area (Å²) in [5.41, 5.74) is 11.0.